The van der Waals surface area contributed by atoms with Gasteiger partial charge in [-0.15, -0.1) is 5.10 Å². The van der Waals surface area contributed by atoms with Crippen molar-refractivity contribution in [1.29, 1.82) is 0 Å². The Morgan fingerprint density at radius 1 is 1.00 bits per heavy atom. The van der Waals surface area contributed by atoms with Gasteiger partial charge in [0.1, 0.15) is 17.4 Å². The van der Waals surface area contributed by atoms with Crippen LogP contribution in [0.2, 0.25) is 0 Å². The predicted octanol–water partition coefficient (Wildman–Crippen LogP) is 3.42. The van der Waals surface area contributed by atoms with Gasteiger partial charge in [0.2, 0.25) is 11.9 Å². The maximum atomic E-state index is 13.0. The first kappa shape index (κ1) is 29.1. The van der Waals surface area contributed by atoms with Crippen LogP contribution in [0.5, 0.6) is 5.75 Å². The Balaban J connectivity index is 1.21. The van der Waals surface area contributed by atoms with Crippen molar-refractivity contribution in [3.05, 3.63) is 48.5 Å². The van der Waals surface area contributed by atoms with Gasteiger partial charge in [-0.1, -0.05) is 12.1 Å². The molecule has 1 unspecified atom stereocenters. The van der Waals surface area contributed by atoms with Gasteiger partial charge in [-0.3, -0.25) is 9.69 Å². The summed E-state index contributed by atoms with van der Waals surface area (Å²) < 4.78 is 12.4. The first-order valence-electron chi connectivity index (χ1n) is 14.2. The van der Waals surface area contributed by atoms with Crippen LogP contribution in [0.15, 0.2) is 48.5 Å². The fourth-order valence-electron chi connectivity index (χ4n) is 4.74. The van der Waals surface area contributed by atoms with E-state index in [-0.39, 0.29) is 12.0 Å². The number of anilines is 1. The number of amides is 2. The van der Waals surface area contributed by atoms with Gasteiger partial charge in [-0.25, -0.2) is 14.8 Å². The molecule has 1 aliphatic rings. The summed E-state index contributed by atoms with van der Waals surface area (Å²) in [5.74, 6) is 1.57. The van der Waals surface area contributed by atoms with E-state index < -0.39 is 11.6 Å². The van der Waals surface area contributed by atoms with Crippen LogP contribution in [-0.2, 0) is 9.53 Å². The fraction of sp³-hybridized carbons (Fsp3) is 0.433. The third kappa shape index (κ3) is 6.71. The zero-order valence-electron chi connectivity index (χ0n) is 24.8. The van der Waals surface area contributed by atoms with Gasteiger partial charge in [-0.2, -0.15) is 4.52 Å². The van der Waals surface area contributed by atoms with Crippen molar-refractivity contribution < 1.29 is 19.1 Å². The molecule has 0 saturated carbocycles. The van der Waals surface area contributed by atoms with Gasteiger partial charge in [0.05, 0.1) is 12.6 Å². The average Bonchev–Trinajstić information content (AvgIpc) is 3.43. The number of ether oxygens (including phenoxy) is 2. The number of nitrogens with zero attached hydrogens (tertiary/aromatic N) is 6. The largest absolute Gasteiger partial charge is 0.497 e. The summed E-state index contributed by atoms with van der Waals surface area (Å²) in [7, 11) is 1.63. The lowest BCUT2D eigenvalue weighted by Gasteiger charge is -2.35. The van der Waals surface area contributed by atoms with Crippen LogP contribution < -0.4 is 15.4 Å². The van der Waals surface area contributed by atoms with Crippen LogP contribution in [0.1, 0.15) is 27.7 Å². The van der Waals surface area contributed by atoms with E-state index in [4.69, 9.17) is 24.5 Å². The van der Waals surface area contributed by atoms with Gasteiger partial charge in [0.25, 0.3) is 0 Å². The van der Waals surface area contributed by atoms with Gasteiger partial charge < -0.3 is 25.0 Å². The number of nitrogens with one attached hydrogen (secondary N) is 2. The van der Waals surface area contributed by atoms with Crippen molar-refractivity contribution in [2.45, 2.75) is 39.3 Å². The van der Waals surface area contributed by atoms with Crippen molar-refractivity contribution in [1.82, 2.24) is 34.7 Å². The minimum absolute atomic E-state index is 0.152. The summed E-state index contributed by atoms with van der Waals surface area (Å²) in [6.07, 6.45) is -0.282. The third-order valence-corrected chi connectivity index (χ3v) is 7.02. The number of para-hydroxylation sites is 1. The molecular formula is C30H38N8O4. The Kier molecular flexibility index (Phi) is 8.44. The SMILES string of the molecule is COc1ccc(-c2nc3c4ccccc4nc(NC(C)C(=O)NCCN4CCN(C(=O)OC(C)(C)C)CC4)n3n2)cc1. The summed E-state index contributed by atoms with van der Waals surface area (Å²) in [5, 5.41) is 11.8. The average molecular weight is 575 g/mol. The summed E-state index contributed by atoms with van der Waals surface area (Å²) in [4.78, 5) is 38.8. The van der Waals surface area contributed by atoms with Crippen LogP contribution >= 0.6 is 0 Å². The Morgan fingerprint density at radius 3 is 2.40 bits per heavy atom. The van der Waals surface area contributed by atoms with Gasteiger partial charge >= 0.3 is 6.09 Å². The molecule has 0 spiro atoms. The lowest BCUT2D eigenvalue weighted by Crippen LogP contribution is -2.51. The number of aromatic nitrogens is 4. The minimum atomic E-state index is -0.570. The molecule has 5 rings (SSSR count). The number of carbonyl (C=O) groups is 2. The molecule has 2 N–H and O–H groups in total. The van der Waals surface area contributed by atoms with Gasteiger partial charge in [-0.05, 0) is 64.1 Å². The number of benzene rings is 2. The highest BCUT2D eigenvalue weighted by Gasteiger charge is 2.26. The second kappa shape index (κ2) is 12.2. The molecule has 12 heteroatoms. The second-order valence-corrected chi connectivity index (χ2v) is 11.3. The molecule has 3 heterocycles. The summed E-state index contributed by atoms with van der Waals surface area (Å²) in [5.41, 5.74) is 1.73. The summed E-state index contributed by atoms with van der Waals surface area (Å²) in [6, 6.07) is 14.7. The molecule has 1 saturated heterocycles. The quantitative estimate of drug-likeness (QED) is 0.326. The predicted molar refractivity (Wildman–Crippen MR) is 161 cm³/mol. The fourth-order valence-corrected chi connectivity index (χ4v) is 4.74. The van der Waals surface area contributed by atoms with Crippen molar-refractivity contribution in [2.75, 3.05) is 51.7 Å². The molecule has 2 amide bonds. The third-order valence-electron chi connectivity index (χ3n) is 7.02. The van der Waals surface area contributed by atoms with Crippen molar-refractivity contribution >= 4 is 34.5 Å². The maximum Gasteiger partial charge on any atom is 0.410 e. The lowest BCUT2D eigenvalue weighted by molar-refractivity contribution is -0.121. The highest BCUT2D eigenvalue weighted by Crippen LogP contribution is 2.25. The summed E-state index contributed by atoms with van der Waals surface area (Å²) in [6.45, 7) is 11.2. The highest BCUT2D eigenvalue weighted by atomic mass is 16.6. The zero-order valence-corrected chi connectivity index (χ0v) is 24.8. The molecule has 222 valence electrons. The van der Waals surface area contributed by atoms with E-state index in [1.54, 1.807) is 23.4 Å². The zero-order chi connectivity index (χ0) is 29.9. The van der Waals surface area contributed by atoms with E-state index in [1.165, 1.54) is 0 Å². The molecule has 4 aromatic rings. The topological polar surface area (TPSA) is 126 Å². The Bertz CT molecular complexity index is 1560. The molecule has 0 bridgehead atoms. The van der Waals surface area contributed by atoms with E-state index in [1.807, 2.05) is 69.3 Å². The number of rotatable bonds is 8. The van der Waals surface area contributed by atoms with E-state index in [0.29, 0.717) is 43.6 Å². The molecule has 1 aliphatic heterocycles. The van der Waals surface area contributed by atoms with Crippen molar-refractivity contribution in [3.8, 4) is 17.1 Å². The molecule has 42 heavy (non-hydrogen) atoms. The van der Waals surface area contributed by atoms with E-state index in [9.17, 15) is 9.59 Å². The monoisotopic (exact) mass is 574 g/mol. The number of hydrogen-bond donors (Lipinski definition) is 2. The lowest BCUT2D eigenvalue weighted by atomic mass is 10.2. The van der Waals surface area contributed by atoms with E-state index in [2.05, 4.69) is 15.5 Å². The number of methoxy groups -OCH3 is 1. The first-order valence-corrected chi connectivity index (χ1v) is 14.2. The Labute approximate surface area is 245 Å². The first-order chi connectivity index (χ1) is 20.1. The Hall–Kier alpha value is -4.45. The van der Waals surface area contributed by atoms with Crippen LogP contribution in [0.4, 0.5) is 10.7 Å². The van der Waals surface area contributed by atoms with E-state index in [0.717, 1.165) is 35.3 Å². The summed E-state index contributed by atoms with van der Waals surface area (Å²) >= 11 is 0. The molecule has 2 aromatic heterocycles. The second-order valence-electron chi connectivity index (χ2n) is 11.3. The standard InChI is InChI=1S/C30H38N8O4/c1-20(27(39)31-14-15-36-16-18-37(19-17-36)29(40)42-30(2,3)4)32-28-33-24-9-7-6-8-23(24)26-34-25(35-38(26)28)21-10-12-22(41-5)13-11-21/h6-13,20H,14-19H2,1-5H3,(H,31,39)(H,32,33). The van der Waals surface area contributed by atoms with Crippen LogP contribution in [0.3, 0.4) is 0 Å². The van der Waals surface area contributed by atoms with Crippen molar-refractivity contribution in [2.24, 2.45) is 0 Å². The van der Waals surface area contributed by atoms with Crippen LogP contribution in [0, 0.1) is 0 Å². The molecular weight excluding hydrogens is 536 g/mol. The van der Waals surface area contributed by atoms with Crippen molar-refractivity contribution in [3.63, 3.8) is 0 Å². The van der Waals surface area contributed by atoms with Crippen LogP contribution in [0.25, 0.3) is 27.9 Å². The number of hydrogen-bond acceptors (Lipinski definition) is 9. The molecule has 0 aliphatic carbocycles. The maximum absolute atomic E-state index is 13.0. The smallest absolute Gasteiger partial charge is 0.410 e. The number of piperazine rings is 1. The van der Waals surface area contributed by atoms with Gasteiger partial charge in [0.15, 0.2) is 11.5 Å². The molecule has 2 aromatic carbocycles. The minimum Gasteiger partial charge on any atom is -0.497 e. The number of fused-ring (bicyclic) bond motifs is 3. The molecule has 0 radical (unpaired) electrons. The Morgan fingerprint density at radius 2 is 1.71 bits per heavy atom. The van der Waals surface area contributed by atoms with Crippen LogP contribution in [-0.4, -0.2) is 99.4 Å². The molecule has 1 fully saturated rings. The van der Waals surface area contributed by atoms with Gasteiger partial charge in [0, 0.05) is 50.2 Å². The van der Waals surface area contributed by atoms with E-state index >= 15 is 0 Å². The molecule has 1 atom stereocenters. The molecule has 12 nitrogen and oxygen atoms in total. The normalized spacial score (nSPS) is 15.0. The highest BCUT2D eigenvalue weighted by molar-refractivity contribution is 5.93. The number of carbonyl (C=O) groups excluding carboxylic acids is 2.